The summed E-state index contributed by atoms with van der Waals surface area (Å²) in [5, 5.41) is 10.2. The van der Waals surface area contributed by atoms with Crippen LogP contribution in [0.3, 0.4) is 0 Å². The summed E-state index contributed by atoms with van der Waals surface area (Å²) in [7, 11) is 0. The molecule has 0 saturated carbocycles. The van der Waals surface area contributed by atoms with Gasteiger partial charge < -0.3 is 14.6 Å². The molecule has 0 aromatic carbocycles. The molecule has 0 fully saturated rings. The van der Waals surface area contributed by atoms with Crippen molar-refractivity contribution in [3.8, 4) is 0 Å². The Morgan fingerprint density at radius 3 is 1.85 bits per heavy atom. The number of aliphatic carboxylic acids is 1. The molecule has 0 radical (unpaired) electrons. The van der Waals surface area contributed by atoms with Crippen LogP contribution >= 0.6 is 0 Å². The van der Waals surface area contributed by atoms with Gasteiger partial charge in [-0.25, -0.2) is 4.79 Å². The molecule has 0 unspecified atom stereocenters. The SMILES string of the molecule is C=C(C)C(=O)OCCCCCCCCCCC(=O)[O-].[K+]. The van der Waals surface area contributed by atoms with Crippen LogP contribution in [0.5, 0.6) is 0 Å². The second kappa shape index (κ2) is 15.7. The van der Waals surface area contributed by atoms with Crippen LogP contribution < -0.4 is 56.5 Å². The zero-order chi connectivity index (χ0) is 14.5. The van der Waals surface area contributed by atoms with Crippen molar-refractivity contribution >= 4 is 11.9 Å². The molecular formula is C15H25KO4. The van der Waals surface area contributed by atoms with E-state index in [2.05, 4.69) is 6.58 Å². The summed E-state index contributed by atoms with van der Waals surface area (Å²) in [4.78, 5) is 21.2. The van der Waals surface area contributed by atoms with Crippen molar-refractivity contribution in [2.24, 2.45) is 0 Å². The maximum absolute atomic E-state index is 11.1. The number of carboxylic acid groups (broad SMARTS) is 1. The largest absolute Gasteiger partial charge is 1.00 e. The molecule has 0 spiro atoms. The van der Waals surface area contributed by atoms with Crippen molar-refractivity contribution < 1.29 is 70.8 Å². The molecule has 0 heterocycles. The minimum Gasteiger partial charge on any atom is -0.550 e. The molecule has 0 rings (SSSR count). The fourth-order valence-electron chi connectivity index (χ4n) is 1.72. The molecule has 0 N–H and O–H groups in total. The standard InChI is InChI=1S/C15H26O4.K/c1-13(2)15(18)19-12-10-8-6-4-3-5-7-9-11-14(16)17;/h1,3-12H2,2H3,(H,16,17);/q;+1/p-1. The van der Waals surface area contributed by atoms with Crippen LogP contribution in [0.1, 0.15) is 64.7 Å². The Bertz CT molecular complexity index is 290. The number of hydrogen-bond donors (Lipinski definition) is 0. The first-order chi connectivity index (χ1) is 9.04. The number of rotatable bonds is 12. The Morgan fingerprint density at radius 1 is 0.950 bits per heavy atom. The summed E-state index contributed by atoms with van der Waals surface area (Å²) in [5.74, 6) is -1.27. The molecule has 0 aliphatic heterocycles. The van der Waals surface area contributed by atoms with E-state index in [9.17, 15) is 14.7 Å². The fraction of sp³-hybridized carbons (Fsp3) is 0.733. The summed E-state index contributed by atoms with van der Waals surface area (Å²) in [6.07, 6.45) is 8.31. The Balaban J connectivity index is 0. The Morgan fingerprint density at radius 2 is 1.40 bits per heavy atom. The summed E-state index contributed by atoms with van der Waals surface area (Å²) < 4.78 is 4.99. The Labute approximate surface area is 164 Å². The van der Waals surface area contributed by atoms with E-state index in [1.165, 1.54) is 0 Å². The minimum absolute atomic E-state index is 0. The zero-order valence-electron chi connectivity index (χ0n) is 12.9. The van der Waals surface area contributed by atoms with Crippen LogP contribution in [0, 0.1) is 0 Å². The van der Waals surface area contributed by atoms with Gasteiger partial charge in [0.15, 0.2) is 0 Å². The van der Waals surface area contributed by atoms with Crippen LogP contribution in [0.15, 0.2) is 12.2 Å². The van der Waals surface area contributed by atoms with E-state index in [1.807, 2.05) is 0 Å². The molecule has 0 atom stereocenters. The average molecular weight is 308 g/mol. The molecule has 0 aliphatic carbocycles. The van der Waals surface area contributed by atoms with Crippen LogP contribution in [-0.2, 0) is 14.3 Å². The topological polar surface area (TPSA) is 66.4 Å². The maximum Gasteiger partial charge on any atom is 1.00 e. The number of carbonyl (C=O) groups excluding carboxylic acids is 2. The molecule has 0 aliphatic rings. The Hall–Kier alpha value is 0.316. The molecule has 4 nitrogen and oxygen atoms in total. The molecular weight excluding hydrogens is 283 g/mol. The number of ether oxygens (including phenoxy) is 1. The molecule has 0 saturated heterocycles. The number of hydrogen-bond acceptors (Lipinski definition) is 4. The van der Waals surface area contributed by atoms with Crippen molar-refractivity contribution in [2.75, 3.05) is 6.61 Å². The van der Waals surface area contributed by atoms with Gasteiger partial charge in [-0.05, 0) is 26.2 Å². The van der Waals surface area contributed by atoms with Gasteiger partial charge in [0.25, 0.3) is 0 Å². The Kier molecular flexibility index (Phi) is 17.7. The number of carboxylic acids is 1. The van der Waals surface area contributed by atoms with Crippen molar-refractivity contribution in [1.29, 1.82) is 0 Å². The zero-order valence-corrected chi connectivity index (χ0v) is 16.0. The molecule has 20 heavy (non-hydrogen) atoms. The molecule has 0 bridgehead atoms. The first kappa shape index (κ1) is 22.6. The maximum atomic E-state index is 11.1. The van der Waals surface area contributed by atoms with Crippen molar-refractivity contribution in [3.63, 3.8) is 0 Å². The second-order valence-corrected chi connectivity index (χ2v) is 4.87. The minimum atomic E-state index is -0.954. The summed E-state index contributed by atoms with van der Waals surface area (Å²) in [6, 6.07) is 0. The van der Waals surface area contributed by atoms with Gasteiger partial charge in [0.1, 0.15) is 0 Å². The van der Waals surface area contributed by atoms with E-state index >= 15 is 0 Å². The number of esters is 1. The third-order valence-electron chi connectivity index (χ3n) is 2.86. The van der Waals surface area contributed by atoms with Gasteiger partial charge in [-0.15, -0.1) is 0 Å². The molecule has 5 heteroatoms. The van der Waals surface area contributed by atoms with Crippen LogP contribution in [0.2, 0.25) is 0 Å². The summed E-state index contributed by atoms with van der Waals surface area (Å²) >= 11 is 0. The quantitative estimate of drug-likeness (QED) is 0.208. The van der Waals surface area contributed by atoms with Gasteiger partial charge in [0, 0.05) is 11.5 Å². The van der Waals surface area contributed by atoms with Gasteiger partial charge in [-0.2, -0.15) is 0 Å². The van der Waals surface area contributed by atoms with Gasteiger partial charge in [-0.1, -0.05) is 45.1 Å². The van der Waals surface area contributed by atoms with Crippen LogP contribution in [0.25, 0.3) is 0 Å². The molecule has 0 aromatic heterocycles. The summed E-state index contributed by atoms with van der Waals surface area (Å²) in [6.45, 7) is 5.63. The van der Waals surface area contributed by atoms with Gasteiger partial charge in [0.05, 0.1) is 6.61 Å². The molecule has 0 aromatic rings. The van der Waals surface area contributed by atoms with Crippen molar-refractivity contribution in [2.45, 2.75) is 64.7 Å². The average Bonchev–Trinajstić information content (AvgIpc) is 2.35. The van der Waals surface area contributed by atoms with Crippen LogP contribution in [0.4, 0.5) is 0 Å². The van der Waals surface area contributed by atoms with Crippen molar-refractivity contribution in [1.82, 2.24) is 0 Å². The predicted octanol–water partition coefficient (Wildman–Crippen LogP) is -0.629. The van der Waals surface area contributed by atoms with Gasteiger partial charge in [-0.3, -0.25) is 0 Å². The smallest absolute Gasteiger partial charge is 0.550 e. The molecule has 0 amide bonds. The first-order valence-corrected chi connectivity index (χ1v) is 7.06. The number of unbranched alkanes of at least 4 members (excludes halogenated alkanes) is 7. The van der Waals surface area contributed by atoms with E-state index in [4.69, 9.17) is 4.74 Å². The first-order valence-electron chi connectivity index (χ1n) is 7.06. The van der Waals surface area contributed by atoms with E-state index < -0.39 is 5.97 Å². The third-order valence-corrected chi connectivity index (χ3v) is 2.86. The normalized spacial score (nSPS) is 9.65. The fourth-order valence-corrected chi connectivity index (χ4v) is 1.72. The summed E-state index contributed by atoms with van der Waals surface area (Å²) in [5.41, 5.74) is 0.441. The third kappa shape index (κ3) is 16.4. The number of carbonyl (C=O) groups is 2. The van der Waals surface area contributed by atoms with E-state index in [0.717, 1.165) is 51.4 Å². The van der Waals surface area contributed by atoms with Crippen LogP contribution in [-0.4, -0.2) is 18.5 Å². The van der Waals surface area contributed by atoms with Crippen molar-refractivity contribution in [3.05, 3.63) is 12.2 Å². The van der Waals surface area contributed by atoms with Gasteiger partial charge in [0.2, 0.25) is 0 Å². The second-order valence-electron chi connectivity index (χ2n) is 4.87. The monoisotopic (exact) mass is 308 g/mol. The van der Waals surface area contributed by atoms with E-state index in [0.29, 0.717) is 12.2 Å². The van der Waals surface area contributed by atoms with E-state index in [-0.39, 0.29) is 63.8 Å². The molecule has 110 valence electrons. The van der Waals surface area contributed by atoms with Gasteiger partial charge >= 0.3 is 57.4 Å². The van der Waals surface area contributed by atoms with E-state index in [1.54, 1.807) is 6.92 Å². The predicted molar refractivity (Wildman–Crippen MR) is 72.3 cm³/mol.